The fourth-order valence-electron chi connectivity index (χ4n) is 6.37. The Balaban J connectivity index is 1.37. The van der Waals surface area contributed by atoms with Crippen LogP contribution in [0.3, 0.4) is 0 Å². The molecule has 2 saturated carbocycles. The van der Waals surface area contributed by atoms with Crippen LogP contribution in [-0.2, 0) is 6.18 Å². The molecule has 0 heterocycles. The van der Waals surface area contributed by atoms with Crippen LogP contribution in [-0.4, -0.2) is 0 Å². The molecule has 2 aliphatic carbocycles. The number of halogens is 4. The summed E-state index contributed by atoms with van der Waals surface area (Å²) in [5, 5.41) is 0.638. The second-order valence-corrected chi connectivity index (χ2v) is 10.3. The average molecular weight is 449 g/mol. The van der Waals surface area contributed by atoms with Gasteiger partial charge in [-0.05, 0) is 72.8 Å². The maximum atomic E-state index is 14.4. The normalized spacial score (nSPS) is 26.3. The van der Waals surface area contributed by atoms with Crippen LogP contribution in [0.4, 0.5) is 17.6 Å². The molecule has 0 aliphatic heterocycles. The third-order valence-electron chi connectivity index (χ3n) is 8.19. The molecule has 0 saturated heterocycles. The highest BCUT2D eigenvalue weighted by atomic mass is 19.4. The van der Waals surface area contributed by atoms with Crippen LogP contribution in [0.5, 0.6) is 0 Å². The van der Waals surface area contributed by atoms with E-state index in [9.17, 15) is 17.6 Å². The zero-order chi connectivity index (χ0) is 22.7. The van der Waals surface area contributed by atoms with Gasteiger partial charge >= 0.3 is 6.18 Å². The SMILES string of the molecule is CCCCCCCC1CCC2CC(c3ccc4c(F)c(C(F)(F)F)ccc4c3)CCC2C1. The van der Waals surface area contributed by atoms with Gasteiger partial charge in [-0.1, -0.05) is 76.1 Å². The molecule has 32 heavy (non-hydrogen) atoms. The average Bonchev–Trinajstić information content (AvgIpc) is 2.77. The third-order valence-corrected chi connectivity index (χ3v) is 8.19. The van der Waals surface area contributed by atoms with Gasteiger partial charge < -0.3 is 0 Å². The van der Waals surface area contributed by atoms with Gasteiger partial charge in [-0.3, -0.25) is 0 Å². The summed E-state index contributed by atoms with van der Waals surface area (Å²) in [5.74, 6) is 1.80. The molecular formula is C28H36F4. The van der Waals surface area contributed by atoms with Gasteiger partial charge in [-0.25, -0.2) is 4.39 Å². The molecule has 0 nitrogen and oxygen atoms in total. The number of benzene rings is 2. The van der Waals surface area contributed by atoms with Gasteiger partial charge in [-0.2, -0.15) is 13.2 Å². The van der Waals surface area contributed by atoms with Crippen LogP contribution in [0, 0.1) is 23.6 Å². The number of hydrogen-bond acceptors (Lipinski definition) is 0. The molecule has 0 spiro atoms. The van der Waals surface area contributed by atoms with E-state index in [1.165, 1.54) is 76.7 Å². The van der Waals surface area contributed by atoms with E-state index in [0.29, 0.717) is 11.3 Å². The van der Waals surface area contributed by atoms with Gasteiger partial charge in [0.15, 0.2) is 0 Å². The summed E-state index contributed by atoms with van der Waals surface area (Å²) in [6.07, 6.45) is 11.2. The minimum Gasteiger partial charge on any atom is -0.206 e. The maximum Gasteiger partial charge on any atom is 0.419 e. The van der Waals surface area contributed by atoms with E-state index < -0.39 is 17.6 Å². The van der Waals surface area contributed by atoms with Crippen LogP contribution in [0.15, 0.2) is 30.3 Å². The van der Waals surface area contributed by atoms with Crippen molar-refractivity contribution in [1.29, 1.82) is 0 Å². The highest BCUT2D eigenvalue weighted by Crippen LogP contribution is 2.48. The largest absolute Gasteiger partial charge is 0.419 e. The minimum absolute atomic E-state index is 0.0664. The second kappa shape index (κ2) is 10.1. The van der Waals surface area contributed by atoms with Crippen molar-refractivity contribution < 1.29 is 17.6 Å². The first-order chi connectivity index (χ1) is 15.4. The van der Waals surface area contributed by atoms with Crippen molar-refractivity contribution in [2.45, 2.75) is 96.1 Å². The minimum atomic E-state index is -4.66. The molecule has 4 rings (SSSR count). The van der Waals surface area contributed by atoms with Crippen molar-refractivity contribution in [1.82, 2.24) is 0 Å². The Labute approximate surface area is 189 Å². The molecule has 4 unspecified atom stereocenters. The Morgan fingerprint density at radius 3 is 2.38 bits per heavy atom. The van der Waals surface area contributed by atoms with E-state index in [0.717, 1.165) is 35.8 Å². The van der Waals surface area contributed by atoms with Crippen LogP contribution in [0.1, 0.15) is 101 Å². The first-order valence-corrected chi connectivity index (χ1v) is 12.7. The summed E-state index contributed by atoms with van der Waals surface area (Å²) < 4.78 is 53.5. The lowest BCUT2D eigenvalue weighted by Gasteiger charge is -2.42. The second-order valence-electron chi connectivity index (χ2n) is 10.3. The van der Waals surface area contributed by atoms with Crippen molar-refractivity contribution >= 4 is 10.8 Å². The van der Waals surface area contributed by atoms with Gasteiger partial charge in [0.2, 0.25) is 0 Å². The molecule has 0 N–H and O–H groups in total. The third kappa shape index (κ3) is 5.31. The Morgan fingerprint density at radius 2 is 1.59 bits per heavy atom. The quantitative estimate of drug-likeness (QED) is 0.292. The summed E-state index contributed by atoms with van der Waals surface area (Å²) in [7, 11) is 0. The Kier molecular flexibility index (Phi) is 7.47. The van der Waals surface area contributed by atoms with Crippen molar-refractivity contribution in [2.75, 3.05) is 0 Å². The lowest BCUT2D eigenvalue weighted by molar-refractivity contribution is -0.139. The van der Waals surface area contributed by atoms with Crippen LogP contribution in [0.2, 0.25) is 0 Å². The zero-order valence-corrected chi connectivity index (χ0v) is 19.2. The first-order valence-electron chi connectivity index (χ1n) is 12.7. The standard InChI is InChI=1S/C28H36F4/c1-2-3-4-5-6-7-19-8-9-21-17-22(11-10-20(21)16-19)23-12-14-25-24(18-23)13-15-26(27(25)29)28(30,31)32/h12-15,18-22H,2-11,16-17H2,1H3. The Morgan fingerprint density at radius 1 is 0.844 bits per heavy atom. The zero-order valence-electron chi connectivity index (χ0n) is 19.2. The van der Waals surface area contributed by atoms with Crippen LogP contribution >= 0.6 is 0 Å². The Bertz CT molecular complexity index is 900. The summed E-state index contributed by atoms with van der Waals surface area (Å²) in [6, 6.07) is 7.63. The molecule has 0 amide bonds. The summed E-state index contributed by atoms with van der Waals surface area (Å²) in [4.78, 5) is 0. The van der Waals surface area contributed by atoms with E-state index in [2.05, 4.69) is 6.92 Å². The number of hydrogen-bond donors (Lipinski definition) is 0. The van der Waals surface area contributed by atoms with Gasteiger partial charge in [-0.15, -0.1) is 0 Å². The molecule has 2 aromatic rings. The topological polar surface area (TPSA) is 0 Å². The van der Waals surface area contributed by atoms with Gasteiger partial charge in [0.05, 0.1) is 5.56 Å². The van der Waals surface area contributed by atoms with Crippen LogP contribution in [0.25, 0.3) is 10.8 Å². The fraction of sp³-hybridized carbons (Fsp3) is 0.643. The summed E-state index contributed by atoms with van der Waals surface area (Å²) in [6.45, 7) is 2.26. The lowest BCUT2D eigenvalue weighted by atomic mass is 9.63. The van der Waals surface area contributed by atoms with Crippen molar-refractivity contribution in [3.8, 4) is 0 Å². The van der Waals surface area contributed by atoms with Crippen molar-refractivity contribution in [2.24, 2.45) is 17.8 Å². The van der Waals surface area contributed by atoms with Gasteiger partial charge in [0, 0.05) is 5.39 Å². The molecule has 4 heteroatoms. The fourth-order valence-corrected chi connectivity index (χ4v) is 6.37. The molecule has 0 aromatic heterocycles. The number of unbranched alkanes of at least 4 members (excludes halogenated alkanes) is 4. The summed E-state index contributed by atoms with van der Waals surface area (Å²) in [5.41, 5.74) is -0.0199. The molecule has 176 valence electrons. The predicted octanol–water partition coefficient (Wildman–Crippen LogP) is 9.66. The van der Waals surface area contributed by atoms with E-state index in [1.54, 1.807) is 6.07 Å². The van der Waals surface area contributed by atoms with Crippen molar-refractivity contribution in [3.63, 3.8) is 0 Å². The van der Waals surface area contributed by atoms with Gasteiger partial charge in [0.1, 0.15) is 5.82 Å². The maximum absolute atomic E-state index is 14.4. The molecular weight excluding hydrogens is 412 g/mol. The first kappa shape index (κ1) is 23.6. The van der Waals surface area contributed by atoms with Crippen molar-refractivity contribution in [3.05, 3.63) is 47.3 Å². The highest BCUT2D eigenvalue weighted by Gasteiger charge is 2.37. The van der Waals surface area contributed by atoms with E-state index in [4.69, 9.17) is 0 Å². The highest BCUT2D eigenvalue weighted by molar-refractivity contribution is 5.84. The molecule has 2 aromatic carbocycles. The van der Waals surface area contributed by atoms with E-state index in [-0.39, 0.29) is 5.39 Å². The van der Waals surface area contributed by atoms with E-state index in [1.807, 2.05) is 12.1 Å². The molecule has 2 aliphatic rings. The number of fused-ring (bicyclic) bond motifs is 2. The molecule has 0 radical (unpaired) electrons. The number of alkyl halides is 3. The predicted molar refractivity (Wildman–Crippen MR) is 123 cm³/mol. The smallest absolute Gasteiger partial charge is 0.206 e. The Hall–Kier alpha value is -1.58. The van der Waals surface area contributed by atoms with E-state index >= 15 is 0 Å². The van der Waals surface area contributed by atoms with Gasteiger partial charge in [0.25, 0.3) is 0 Å². The summed E-state index contributed by atoms with van der Waals surface area (Å²) >= 11 is 0. The molecule has 2 fully saturated rings. The monoisotopic (exact) mass is 448 g/mol. The number of rotatable bonds is 7. The molecule has 0 bridgehead atoms. The molecule has 4 atom stereocenters. The lowest BCUT2D eigenvalue weighted by Crippen LogP contribution is -2.30. The van der Waals surface area contributed by atoms with Crippen LogP contribution < -0.4 is 0 Å².